The van der Waals surface area contributed by atoms with Gasteiger partial charge in [-0.25, -0.2) is 0 Å². The van der Waals surface area contributed by atoms with Crippen molar-refractivity contribution in [3.8, 4) is 0 Å². The third-order valence-corrected chi connectivity index (χ3v) is 6.90. The summed E-state index contributed by atoms with van der Waals surface area (Å²) in [5, 5.41) is 0. The molecule has 0 heterocycles. The van der Waals surface area contributed by atoms with E-state index >= 15 is 0 Å². The summed E-state index contributed by atoms with van der Waals surface area (Å²) in [5.74, 6) is 0. The van der Waals surface area contributed by atoms with Crippen LogP contribution in [0.1, 0.15) is 90.8 Å². The molecule has 0 N–H and O–H groups in total. The fourth-order valence-corrected chi connectivity index (χ4v) is 3.77. The molecule has 0 bridgehead atoms. The standard InChI is InChI=1S/C20H34S2/c1-8-19(21,9-2)15-13-12-14-16(17(15)18(5,6)7)20(22,10-3)11-4/h12-14,21-22H,8-11H2,1-7H3. The molecule has 126 valence electrons. The Balaban J connectivity index is 3.76. The summed E-state index contributed by atoms with van der Waals surface area (Å²) in [5.41, 5.74) is 4.33. The van der Waals surface area contributed by atoms with Crippen molar-refractivity contribution in [1.29, 1.82) is 0 Å². The summed E-state index contributed by atoms with van der Waals surface area (Å²) >= 11 is 10.2. The van der Waals surface area contributed by atoms with Crippen LogP contribution in [0.2, 0.25) is 0 Å². The lowest BCUT2D eigenvalue weighted by atomic mass is 9.72. The number of benzene rings is 1. The van der Waals surface area contributed by atoms with Gasteiger partial charge in [0, 0.05) is 9.49 Å². The molecular weight excluding hydrogens is 304 g/mol. The zero-order chi connectivity index (χ0) is 17.2. The molecule has 1 aromatic rings. The Morgan fingerprint density at radius 3 is 1.27 bits per heavy atom. The predicted octanol–water partition coefficient (Wildman–Crippen LogP) is 6.87. The molecule has 0 spiro atoms. The maximum atomic E-state index is 5.09. The lowest BCUT2D eigenvalue weighted by Crippen LogP contribution is -2.30. The molecule has 22 heavy (non-hydrogen) atoms. The van der Waals surface area contributed by atoms with Crippen molar-refractivity contribution in [2.24, 2.45) is 0 Å². The molecule has 1 rings (SSSR count). The minimum absolute atomic E-state index is 0.0607. The van der Waals surface area contributed by atoms with Crippen molar-refractivity contribution in [2.45, 2.75) is 89.1 Å². The molecule has 0 amide bonds. The van der Waals surface area contributed by atoms with Crippen molar-refractivity contribution in [1.82, 2.24) is 0 Å². The van der Waals surface area contributed by atoms with Crippen molar-refractivity contribution in [2.75, 3.05) is 0 Å². The Bertz CT molecular complexity index is 453. The van der Waals surface area contributed by atoms with Gasteiger partial charge in [-0.1, -0.05) is 66.7 Å². The summed E-state index contributed by atoms with van der Waals surface area (Å²) in [4.78, 5) is 0. The van der Waals surface area contributed by atoms with E-state index < -0.39 is 0 Å². The Morgan fingerprint density at radius 2 is 1.05 bits per heavy atom. The summed E-state index contributed by atoms with van der Waals surface area (Å²) in [6, 6.07) is 6.76. The number of rotatable bonds is 6. The van der Waals surface area contributed by atoms with E-state index in [2.05, 4.69) is 66.7 Å². The van der Waals surface area contributed by atoms with Crippen LogP contribution in [0.4, 0.5) is 0 Å². The maximum absolute atomic E-state index is 5.09. The molecule has 0 fully saturated rings. The first kappa shape index (κ1) is 20.0. The quantitative estimate of drug-likeness (QED) is 0.519. The number of thiol groups is 2. The van der Waals surface area contributed by atoms with E-state index in [1.807, 2.05) is 0 Å². The van der Waals surface area contributed by atoms with Gasteiger partial charge in [0.25, 0.3) is 0 Å². The average molecular weight is 339 g/mol. The summed E-state index contributed by atoms with van der Waals surface area (Å²) in [7, 11) is 0. The van der Waals surface area contributed by atoms with Crippen LogP contribution < -0.4 is 0 Å². The minimum Gasteiger partial charge on any atom is -0.168 e. The van der Waals surface area contributed by atoms with Gasteiger partial charge in [0.05, 0.1) is 0 Å². The first-order valence-electron chi connectivity index (χ1n) is 8.68. The van der Waals surface area contributed by atoms with E-state index in [-0.39, 0.29) is 14.9 Å². The molecule has 0 unspecified atom stereocenters. The van der Waals surface area contributed by atoms with Crippen molar-refractivity contribution in [3.05, 3.63) is 34.9 Å². The normalized spacial score (nSPS) is 13.5. The highest BCUT2D eigenvalue weighted by molar-refractivity contribution is 7.81. The Labute approximate surface area is 149 Å². The van der Waals surface area contributed by atoms with Gasteiger partial charge in [0.15, 0.2) is 0 Å². The monoisotopic (exact) mass is 338 g/mol. The molecule has 0 aliphatic heterocycles. The zero-order valence-electron chi connectivity index (χ0n) is 15.5. The van der Waals surface area contributed by atoms with Crippen molar-refractivity contribution < 1.29 is 0 Å². The zero-order valence-corrected chi connectivity index (χ0v) is 17.2. The van der Waals surface area contributed by atoms with Crippen LogP contribution in [0.5, 0.6) is 0 Å². The molecule has 0 aliphatic rings. The van der Waals surface area contributed by atoms with Gasteiger partial charge in [-0.15, -0.1) is 0 Å². The lowest BCUT2D eigenvalue weighted by molar-refractivity contribution is 0.504. The highest BCUT2D eigenvalue weighted by Crippen LogP contribution is 2.47. The van der Waals surface area contributed by atoms with Crippen molar-refractivity contribution >= 4 is 25.3 Å². The van der Waals surface area contributed by atoms with Crippen LogP contribution in [0, 0.1) is 0 Å². The van der Waals surface area contributed by atoms with Gasteiger partial charge in [-0.05, 0) is 47.8 Å². The van der Waals surface area contributed by atoms with E-state index in [1.165, 1.54) is 16.7 Å². The lowest BCUT2D eigenvalue weighted by Gasteiger charge is -2.39. The highest BCUT2D eigenvalue weighted by Gasteiger charge is 2.36. The Hall–Kier alpha value is -0.0800. The summed E-state index contributed by atoms with van der Waals surface area (Å²) < 4.78 is -0.121. The van der Waals surface area contributed by atoms with Crippen LogP contribution in [0.15, 0.2) is 18.2 Å². The second-order valence-electron chi connectivity index (χ2n) is 7.46. The fourth-order valence-electron chi connectivity index (χ4n) is 3.40. The molecule has 0 atom stereocenters. The van der Waals surface area contributed by atoms with Crippen LogP contribution in [0.3, 0.4) is 0 Å². The van der Waals surface area contributed by atoms with Crippen molar-refractivity contribution in [3.63, 3.8) is 0 Å². The topological polar surface area (TPSA) is 0 Å². The maximum Gasteiger partial charge on any atom is 0.0376 e. The van der Waals surface area contributed by atoms with E-state index in [0.29, 0.717) is 0 Å². The third-order valence-electron chi connectivity index (χ3n) is 5.16. The SMILES string of the molecule is CCC(S)(CC)c1cccc(C(S)(CC)CC)c1C(C)(C)C. The molecule has 0 radical (unpaired) electrons. The Morgan fingerprint density at radius 1 is 0.727 bits per heavy atom. The predicted molar refractivity (Wildman–Crippen MR) is 108 cm³/mol. The second-order valence-corrected chi connectivity index (χ2v) is 9.17. The van der Waals surface area contributed by atoms with Crippen LogP contribution in [-0.4, -0.2) is 0 Å². The van der Waals surface area contributed by atoms with Gasteiger partial charge >= 0.3 is 0 Å². The molecule has 2 heteroatoms. The van der Waals surface area contributed by atoms with Gasteiger partial charge in [-0.2, -0.15) is 25.3 Å². The molecule has 0 saturated heterocycles. The third kappa shape index (κ3) is 3.70. The summed E-state index contributed by atoms with van der Waals surface area (Å²) in [6.45, 7) is 15.9. The first-order chi connectivity index (χ1) is 10.1. The molecular formula is C20H34S2. The number of hydrogen-bond acceptors (Lipinski definition) is 2. The van der Waals surface area contributed by atoms with Gasteiger partial charge in [0.2, 0.25) is 0 Å². The molecule has 0 nitrogen and oxygen atoms in total. The van der Waals surface area contributed by atoms with Crippen LogP contribution in [-0.2, 0) is 14.9 Å². The molecule has 0 saturated carbocycles. The average Bonchev–Trinajstić information content (AvgIpc) is 2.51. The van der Waals surface area contributed by atoms with E-state index in [9.17, 15) is 0 Å². The van der Waals surface area contributed by atoms with Gasteiger partial charge in [0.1, 0.15) is 0 Å². The highest BCUT2D eigenvalue weighted by atomic mass is 32.1. The minimum atomic E-state index is -0.0607. The first-order valence-corrected chi connectivity index (χ1v) is 9.58. The van der Waals surface area contributed by atoms with Crippen LogP contribution >= 0.6 is 25.3 Å². The smallest absolute Gasteiger partial charge is 0.0376 e. The van der Waals surface area contributed by atoms with Gasteiger partial charge < -0.3 is 0 Å². The van der Waals surface area contributed by atoms with E-state index in [1.54, 1.807) is 0 Å². The summed E-state index contributed by atoms with van der Waals surface area (Å²) in [6.07, 6.45) is 4.15. The molecule has 0 aliphatic carbocycles. The fraction of sp³-hybridized carbons (Fsp3) is 0.700. The second kappa shape index (κ2) is 7.21. The van der Waals surface area contributed by atoms with E-state index in [0.717, 1.165) is 25.7 Å². The molecule has 1 aromatic carbocycles. The van der Waals surface area contributed by atoms with Gasteiger partial charge in [-0.3, -0.25) is 0 Å². The molecule has 0 aromatic heterocycles. The van der Waals surface area contributed by atoms with E-state index in [4.69, 9.17) is 25.3 Å². The van der Waals surface area contributed by atoms with Crippen LogP contribution in [0.25, 0.3) is 0 Å². The largest absolute Gasteiger partial charge is 0.168 e. The number of hydrogen-bond donors (Lipinski definition) is 2. The Kier molecular flexibility index (Phi) is 6.55.